The highest BCUT2D eigenvalue weighted by Crippen LogP contribution is 2.23. The van der Waals surface area contributed by atoms with Crippen LogP contribution in [-0.2, 0) is 6.61 Å². The second-order valence-corrected chi connectivity index (χ2v) is 9.14. The van der Waals surface area contributed by atoms with Gasteiger partial charge in [0.15, 0.2) is 0 Å². The molecule has 0 bridgehead atoms. The van der Waals surface area contributed by atoms with Crippen molar-refractivity contribution in [1.29, 1.82) is 0 Å². The number of anilines is 3. The predicted octanol–water partition coefficient (Wildman–Crippen LogP) is 4.97. The van der Waals surface area contributed by atoms with Crippen LogP contribution in [0.5, 0.6) is 5.75 Å². The molecule has 2 aromatic carbocycles. The number of carbonyl (C=O) groups is 1. The third-order valence-corrected chi connectivity index (χ3v) is 6.06. The van der Waals surface area contributed by atoms with E-state index in [1.807, 2.05) is 86.6 Å². The van der Waals surface area contributed by atoms with Crippen LogP contribution in [0.25, 0.3) is 0 Å². The zero-order valence-electron chi connectivity index (χ0n) is 20.6. The molecule has 2 amide bonds. The maximum atomic E-state index is 12.5. The van der Waals surface area contributed by atoms with E-state index in [0.717, 1.165) is 60.1 Å². The van der Waals surface area contributed by atoms with Crippen molar-refractivity contribution in [2.75, 3.05) is 29.6 Å². The molecule has 1 aliphatic carbocycles. The van der Waals surface area contributed by atoms with E-state index in [4.69, 9.17) is 4.74 Å². The molecule has 0 saturated heterocycles. The van der Waals surface area contributed by atoms with Gasteiger partial charge in [-0.1, -0.05) is 30.3 Å². The van der Waals surface area contributed by atoms with Gasteiger partial charge in [0, 0.05) is 37.9 Å². The third kappa shape index (κ3) is 7.34. The number of hydrogen-bond donors (Lipinski definition) is 3. The summed E-state index contributed by atoms with van der Waals surface area (Å²) in [5, 5.41) is 9.56. The summed E-state index contributed by atoms with van der Waals surface area (Å²) in [6.07, 6.45) is 3.78. The zero-order chi connectivity index (χ0) is 24.6. The molecule has 0 aliphatic heterocycles. The van der Waals surface area contributed by atoms with Crippen LogP contribution in [0, 0.1) is 6.92 Å². The van der Waals surface area contributed by atoms with Crippen LogP contribution in [-0.4, -0.2) is 42.2 Å². The number of ether oxygens (including phenoxy) is 1. The number of amides is 2. The predicted molar refractivity (Wildman–Crippen MR) is 140 cm³/mol. The lowest BCUT2D eigenvalue weighted by molar-refractivity contribution is 0.243. The molecule has 8 heteroatoms. The van der Waals surface area contributed by atoms with E-state index in [2.05, 4.69) is 25.9 Å². The van der Waals surface area contributed by atoms with Crippen LogP contribution in [0.4, 0.5) is 22.1 Å². The molecule has 184 valence electrons. The molecule has 0 radical (unpaired) electrons. The number of aryl methyl sites for hydroxylation is 1. The SMILES string of the molecule is Cc1nc(NC2CCC(NC(=O)Nc3ccc(OCc4ccccc4)cc3)CC2)cc(N(C)C)n1. The van der Waals surface area contributed by atoms with Gasteiger partial charge in [-0.25, -0.2) is 14.8 Å². The molecule has 4 rings (SSSR count). The molecule has 0 atom stereocenters. The first-order chi connectivity index (χ1) is 16.9. The van der Waals surface area contributed by atoms with Gasteiger partial charge in [0.1, 0.15) is 29.8 Å². The van der Waals surface area contributed by atoms with Crippen molar-refractivity contribution in [2.24, 2.45) is 0 Å². The van der Waals surface area contributed by atoms with E-state index >= 15 is 0 Å². The molecule has 1 heterocycles. The summed E-state index contributed by atoms with van der Waals surface area (Å²) in [4.78, 5) is 23.4. The van der Waals surface area contributed by atoms with Crippen LogP contribution < -0.4 is 25.6 Å². The van der Waals surface area contributed by atoms with Crippen molar-refractivity contribution in [3.63, 3.8) is 0 Å². The Hall–Kier alpha value is -3.81. The molecule has 1 aliphatic rings. The molecule has 3 N–H and O–H groups in total. The minimum atomic E-state index is -0.179. The average Bonchev–Trinajstić information content (AvgIpc) is 2.85. The largest absolute Gasteiger partial charge is 0.489 e. The van der Waals surface area contributed by atoms with E-state index in [9.17, 15) is 4.79 Å². The van der Waals surface area contributed by atoms with Gasteiger partial charge in [-0.15, -0.1) is 0 Å². The van der Waals surface area contributed by atoms with Crippen molar-refractivity contribution in [2.45, 2.75) is 51.3 Å². The monoisotopic (exact) mass is 474 g/mol. The van der Waals surface area contributed by atoms with E-state index in [0.29, 0.717) is 12.6 Å². The van der Waals surface area contributed by atoms with E-state index < -0.39 is 0 Å². The van der Waals surface area contributed by atoms with Crippen molar-refractivity contribution in [3.8, 4) is 5.75 Å². The van der Waals surface area contributed by atoms with Gasteiger partial charge in [0.05, 0.1) is 0 Å². The Morgan fingerprint density at radius 2 is 1.66 bits per heavy atom. The standard InChI is InChI=1S/C27H34N6O2/c1-19-28-25(17-26(29-19)33(2)3)30-21-9-11-22(12-10-21)31-27(34)32-23-13-15-24(16-14-23)35-18-20-7-5-4-6-8-20/h4-8,13-17,21-22H,9-12,18H2,1-3H3,(H,28,29,30)(H2,31,32,34). The van der Waals surface area contributed by atoms with E-state index in [1.165, 1.54) is 0 Å². The number of urea groups is 1. The quantitative estimate of drug-likeness (QED) is 0.427. The lowest BCUT2D eigenvalue weighted by Crippen LogP contribution is -2.42. The van der Waals surface area contributed by atoms with Crippen molar-refractivity contribution < 1.29 is 9.53 Å². The lowest BCUT2D eigenvalue weighted by Gasteiger charge is -2.30. The highest BCUT2D eigenvalue weighted by atomic mass is 16.5. The summed E-state index contributed by atoms with van der Waals surface area (Å²) in [6, 6.07) is 19.8. The highest BCUT2D eigenvalue weighted by Gasteiger charge is 2.23. The summed E-state index contributed by atoms with van der Waals surface area (Å²) < 4.78 is 5.81. The van der Waals surface area contributed by atoms with Gasteiger partial charge >= 0.3 is 6.03 Å². The van der Waals surface area contributed by atoms with E-state index in [1.54, 1.807) is 0 Å². The Morgan fingerprint density at radius 1 is 0.971 bits per heavy atom. The first kappa shape index (κ1) is 24.3. The van der Waals surface area contributed by atoms with Crippen LogP contribution in [0.15, 0.2) is 60.7 Å². The number of rotatable bonds is 8. The van der Waals surface area contributed by atoms with Gasteiger partial charge in [0.25, 0.3) is 0 Å². The second kappa shape index (κ2) is 11.6. The first-order valence-corrected chi connectivity index (χ1v) is 12.1. The first-order valence-electron chi connectivity index (χ1n) is 12.1. The maximum Gasteiger partial charge on any atom is 0.319 e. The molecule has 35 heavy (non-hydrogen) atoms. The number of carbonyl (C=O) groups excluding carboxylic acids is 1. The third-order valence-electron chi connectivity index (χ3n) is 6.06. The Bertz CT molecular complexity index is 1100. The Balaban J connectivity index is 1.19. The van der Waals surface area contributed by atoms with Crippen molar-refractivity contribution in [1.82, 2.24) is 15.3 Å². The fourth-order valence-corrected chi connectivity index (χ4v) is 4.17. The summed E-state index contributed by atoms with van der Waals surface area (Å²) in [7, 11) is 3.95. The van der Waals surface area contributed by atoms with Crippen LogP contribution >= 0.6 is 0 Å². The summed E-state index contributed by atoms with van der Waals surface area (Å²) in [5.74, 6) is 3.26. The maximum absolute atomic E-state index is 12.5. The van der Waals surface area contributed by atoms with Gasteiger partial charge in [-0.05, 0) is 62.4 Å². The fourth-order valence-electron chi connectivity index (χ4n) is 4.17. The summed E-state index contributed by atoms with van der Waals surface area (Å²) in [5.41, 5.74) is 1.85. The van der Waals surface area contributed by atoms with Crippen LogP contribution in [0.3, 0.4) is 0 Å². The lowest BCUT2D eigenvalue weighted by atomic mass is 9.91. The van der Waals surface area contributed by atoms with Crippen molar-refractivity contribution in [3.05, 3.63) is 72.1 Å². The number of hydrogen-bond acceptors (Lipinski definition) is 6. The number of aromatic nitrogens is 2. The zero-order valence-corrected chi connectivity index (χ0v) is 20.6. The molecule has 8 nitrogen and oxygen atoms in total. The van der Waals surface area contributed by atoms with Crippen LogP contribution in [0.2, 0.25) is 0 Å². The minimum Gasteiger partial charge on any atom is -0.489 e. The normalized spacial score (nSPS) is 17.3. The van der Waals surface area contributed by atoms with E-state index in [-0.39, 0.29) is 12.1 Å². The van der Waals surface area contributed by atoms with Crippen LogP contribution in [0.1, 0.15) is 37.1 Å². The topological polar surface area (TPSA) is 91.4 Å². The molecule has 1 aromatic heterocycles. The fraction of sp³-hybridized carbons (Fsp3) is 0.370. The Labute approximate surface area is 207 Å². The molecule has 1 saturated carbocycles. The number of nitrogens with one attached hydrogen (secondary N) is 3. The molecular weight excluding hydrogens is 440 g/mol. The van der Waals surface area contributed by atoms with Gasteiger partial charge in [-0.2, -0.15) is 0 Å². The highest BCUT2D eigenvalue weighted by molar-refractivity contribution is 5.89. The average molecular weight is 475 g/mol. The molecule has 1 fully saturated rings. The Morgan fingerprint density at radius 3 is 2.34 bits per heavy atom. The Kier molecular flexibility index (Phi) is 8.03. The smallest absolute Gasteiger partial charge is 0.319 e. The summed E-state index contributed by atoms with van der Waals surface area (Å²) >= 11 is 0. The number of nitrogens with zero attached hydrogens (tertiary/aromatic N) is 3. The molecular formula is C27H34N6O2. The number of benzene rings is 2. The van der Waals surface area contributed by atoms with Gasteiger partial charge in [-0.3, -0.25) is 0 Å². The van der Waals surface area contributed by atoms with Crippen molar-refractivity contribution >= 4 is 23.4 Å². The summed E-state index contributed by atoms with van der Waals surface area (Å²) in [6.45, 7) is 2.42. The minimum absolute atomic E-state index is 0.158. The molecule has 3 aromatic rings. The molecule has 0 spiro atoms. The van der Waals surface area contributed by atoms with Gasteiger partial charge < -0.3 is 25.6 Å². The second-order valence-electron chi connectivity index (χ2n) is 9.14. The van der Waals surface area contributed by atoms with Gasteiger partial charge in [0.2, 0.25) is 0 Å². The molecule has 0 unspecified atom stereocenters.